The van der Waals surface area contributed by atoms with Gasteiger partial charge in [0.15, 0.2) is 0 Å². The molecule has 5 nitrogen and oxygen atoms in total. The van der Waals surface area contributed by atoms with Crippen LogP contribution in [-0.4, -0.2) is 18.9 Å². The van der Waals surface area contributed by atoms with E-state index in [1.165, 1.54) is 19.2 Å². The van der Waals surface area contributed by atoms with Crippen LogP contribution in [0.1, 0.15) is 21.5 Å². The minimum atomic E-state index is -0.890. The molecule has 0 radical (unpaired) electrons. The van der Waals surface area contributed by atoms with E-state index in [-0.39, 0.29) is 5.56 Å². The number of nitrogens with two attached hydrogens (primary N) is 1. The van der Waals surface area contributed by atoms with Crippen LogP contribution in [0.25, 0.3) is 0 Å². The summed E-state index contributed by atoms with van der Waals surface area (Å²) in [5.41, 5.74) is 8.65. The number of methoxy groups -OCH3 is 1. The second kappa shape index (κ2) is 6.30. The quantitative estimate of drug-likeness (QED) is 0.406. The Labute approximate surface area is 128 Å². The number of hydrogen-bond donors (Lipinski definition) is 1. The summed E-state index contributed by atoms with van der Waals surface area (Å²) in [6.07, 6.45) is 0. The van der Waals surface area contributed by atoms with Crippen molar-refractivity contribution in [3.63, 3.8) is 0 Å². The van der Waals surface area contributed by atoms with Crippen LogP contribution in [0.3, 0.4) is 0 Å². The zero-order valence-electron chi connectivity index (χ0n) is 12.7. The molecule has 0 aromatic heterocycles. The Morgan fingerprint density at radius 3 is 2.23 bits per heavy atom. The molecule has 0 aliphatic carbocycles. The van der Waals surface area contributed by atoms with E-state index < -0.39 is 11.8 Å². The Kier molecular flexibility index (Phi) is 4.46. The molecule has 0 amide bonds. The standard InChI is InChI=1S/C17H17NO4/c1-10-9-15(11(2)8-14(10)18)22-13-6-4-12(5-7-13)16(19)17(20)21-3/h4-9H,18H2,1-3H3. The lowest BCUT2D eigenvalue weighted by Gasteiger charge is -2.11. The van der Waals surface area contributed by atoms with E-state index >= 15 is 0 Å². The number of ketones is 1. The fourth-order valence-electron chi connectivity index (χ4n) is 1.93. The number of aryl methyl sites for hydroxylation is 2. The maximum absolute atomic E-state index is 11.7. The summed E-state index contributed by atoms with van der Waals surface area (Å²) < 4.78 is 10.2. The highest BCUT2D eigenvalue weighted by Crippen LogP contribution is 2.29. The van der Waals surface area contributed by atoms with Crippen LogP contribution < -0.4 is 10.5 Å². The molecule has 2 rings (SSSR count). The third-order valence-corrected chi connectivity index (χ3v) is 3.28. The molecule has 22 heavy (non-hydrogen) atoms. The first-order valence-electron chi connectivity index (χ1n) is 6.69. The molecule has 0 aliphatic rings. The summed E-state index contributed by atoms with van der Waals surface area (Å²) in [7, 11) is 1.17. The van der Waals surface area contributed by atoms with Gasteiger partial charge >= 0.3 is 5.97 Å². The topological polar surface area (TPSA) is 78.6 Å². The third kappa shape index (κ3) is 3.25. The molecule has 0 spiro atoms. The predicted octanol–water partition coefficient (Wildman–Crippen LogP) is 3.03. The third-order valence-electron chi connectivity index (χ3n) is 3.28. The number of ether oxygens (including phenoxy) is 2. The Hall–Kier alpha value is -2.82. The van der Waals surface area contributed by atoms with Crippen molar-refractivity contribution >= 4 is 17.4 Å². The summed E-state index contributed by atoms with van der Waals surface area (Å²) in [6.45, 7) is 3.81. The van der Waals surface area contributed by atoms with Gasteiger partial charge in [-0.25, -0.2) is 4.79 Å². The van der Waals surface area contributed by atoms with Crippen molar-refractivity contribution in [2.75, 3.05) is 12.8 Å². The van der Waals surface area contributed by atoms with Crippen LogP contribution in [-0.2, 0) is 9.53 Å². The second-order valence-corrected chi connectivity index (χ2v) is 4.92. The lowest BCUT2D eigenvalue weighted by Crippen LogP contribution is -2.15. The SMILES string of the molecule is COC(=O)C(=O)c1ccc(Oc2cc(C)c(N)cc2C)cc1. The van der Waals surface area contributed by atoms with Crippen LogP contribution in [0.5, 0.6) is 11.5 Å². The van der Waals surface area contributed by atoms with E-state index in [1.807, 2.05) is 26.0 Å². The fourth-order valence-corrected chi connectivity index (χ4v) is 1.93. The summed E-state index contributed by atoms with van der Waals surface area (Å²) in [5.74, 6) is -0.320. The van der Waals surface area contributed by atoms with E-state index in [2.05, 4.69) is 4.74 Å². The molecule has 2 aromatic rings. The van der Waals surface area contributed by atoms with Crippen molar-refractivity contribution in [3.8, 4) is 11.5 Å². The van der Waals surface area contributed by atoms with Gasteiger partial charge in [0.05, 0.1) is 7.11 Å². The highest BCUT2D eigenvalue weighted by Gasteiger charge is 2.16. The Morgan fingerprint density at radius 2 is 1.64 bits per heavy atom. The van der Waals surface area contributed by atoms with Gasteiger partial charge in [-0.05, 0) is 61.4 Å². The van der Waals surface area contributed by atoms with Gasteiger partial charge in [-0.2, -0.15) is 0 Å². The lowest BCUT2D eigenvalue weighted by atomic mass is 10.1. The molecule has 0 saturated heterocycles. The van der Waals surface area contributed by atoms with Gasteiger partial charge in [0.1, 0.15) is 11.5 Å². The molecule has 2 N–H and O–H groups in total. The largest absolute Gasteiger partial charge is 0.463 e. The smallest absolute Gasteiger partial charge is 0.379 e. The van der Waals surface area contributed by atoms with Crippen LogP contribution in [0.4, 0.5) is 5.69 Å². The average molecular weight is 299 g/mol. The van der Waals surface area contributed by atoms with Gasteiger partial charge in [0.2, 0.25) is 0 Å². The Bertz CT molecular complexity index is 720. The highest BCUT2D eigenvalue weighted by atomic mass is 16.5. The minimum absolute atomic E-state index is 0.254. The van der Waals surface area contributed by atoms with Gasteiger partial charge in [-0.3, -0.25) is 4.79 Å². The van der Waals surface area contributed by atoms with Crippen LogP contribution in [0, 0.1) is 13.8 Å². The fraction of sp³-hybridized carbons (Fsp3) is 0.176. The Morgan fingerprint density at radius 1 is 1.00 bits per heavy atom. The molecule has 5 heteroatoms. The van der Waals surface area contributed by atoms with E-state index in [0.29, 0.717) is 17.2 Å². The van der Waals surface area contributed by atoms with Gasteiger partial charge in [-0.15, -0.1) is 0 Å². The predicted molar refractivity (Wildman–Crippen MR) is 83.2 cm³/mol. The first-order chi connectivity index (χ1) is 10.4. The average Bonchev–Trinajstić information content (AvgIpc) is 2.52. The normalized spacial score (nSPS) is 10.1. The van der Waals surface area contributed by atoms with E-state index in [9.17, 15) is 9.59 Å². The van der Waals surface area contributed by atoms with Crippen LogP contribution in [0.2, 0.25) is 0 Å². The zero-order chi connectivity index (χ0) is 16.3. The number of carbonyl (C=O) groups excluding carboxylic acids is 2. The highest BCUT2D eigenvalue weighted by molar-refractivity contribution is 6.40. The molecule has 0 bridgehead atoms. The summed E-state index contributed by atoms with van der Waals surface area (Å²) in [5, 5.41) is 0. The van der Waals surface area contributed by atoms with Crippen molar-refractivity contribution in [1.82, 2.24) is 0 Å². The molecule has 0 atom stereocenters. The van der Waals surface area contributed by atoms with Gasteiger partial charge in [-0.1, -0.05) is 0 Å². The molecular weight excluding hydrogens is 282 g/mol. The minimum Gasteiger partial charge on any atom is -0.463 e. The zero-order valence-corrected chi connectivity index (χ0v) is 12.7. The number of carbonyl (C=O) groups is 2. The number of anilines is 1. The molecule has 0 saturated carbocycles. The van der Waals surface area contributed by atoms with Crippen LogP contribution >= 0.6 is 0 Å². The number of benzene rings is 2. The van der Waals surface area contributed by atoms with E-state index in [0.717, 1.165) is 11.1 Å². The number of nitrogen functional groups attached to an aromatic ring is 1. The van der Waals surface area contributed by atoms with Gasteiger partial charge < -0.3 is 15.2 Å². The number of rotatable bonds is 4. The van der Waals surface area contributed by atoms with Crippen molar-refractivity contribution in [2.45, 2.75) is 13.8 Å². The second-order valence-electron chi connectivity index (χ2n) is 4.92. The van der Waals surface area contributed by atoms with Crippen molar-refractivity contribution in [1.29, 1.82) is 0 Å². The maximum atomic E-state index is 11.7. The molecule has 0 fully saturated rings. The summed E-state index contributed by atoms with van der Waals surface area (Å²) >= 11 is 0. The van der Waals surface area contributed by atoms with Crippen molar-refractivity contribution in [2.24, 2.45) is 0 Å². The monoisotopic (exact) mass is 299 g/mol. The Balaban J connectivity index is 2.20. The molecule has 0 heterocycles. The molecule has 0 aliphatic heterocycles. The summed E-state index contributed by atoms with van der Waals surface area (Å²) in [6, 6.07) is 10.0. The van der Waals surface area contributed by atoms with Gasteiger partial charge in [0, 0.05) is 11.3 Å². The van der Waals surface area contributed by atoms with Crippen molar-refractivity contribution in [3.05, 3.63) is 53.1 Å². The lowest BCUT2D eigenvalue weighted by molar-refractivity contribution is -0.135. The van der Waals surface area contributed by atoms with E-state index in [1.54, 1.807) is 12.1 Å². The van der Waals surface area contributed by atoms with Crippen molar-refractivity contribution < 1.29 is 19.1 Å². The maximum Gasteiger partial charge on any atom is 0.379 e. The number of Topliss-reactive ketones (excluding diaryl/α,β-unsaturated/α-hetero) is 1. The molecule has 0 unspecified atom stereocenters. The first-order valence-corrected chi connectivity index (χ1v) is 6.69. The first kappa shape index (κ1) is 15.6. The summed E-state index contributed by atoms with van der Waals surface area (Å²) in [4.78, 5) is 22.8. The molecule has 114 valence electrons. The van der Waals surface area contributed by atoms with E-state index in [4.69, 9.17) is 10.5 Å². The number of hydrogen-bond acceptors (Lipinski definition) is 5. The van der Waals surface area contributed by atoms with Crippen LogP contribution in [0.15, 0.2) is 36.4 Å². The molecule has 2 aromatic carbocycles. The molecular formula is C17H17NO4. The van der Waals surface area contributed by atoms with Gasteiger partial charge in [0.25, 0.3) is 5.78 Å². The number of esters is 1.